The maximum absolute atomic E-state index is 11.6. The molecule has 0 unspecified atom stereocenters. The predicted octanol–water partition coefficient (Wildman–Crippen LogP) is 2.33. The third-order valence-corrected chi connectivity index (χ3v) is 3.47. The molecule has 0 aliphatic heterocycles. The third kappa shape index (κ3) is 3.38. The van der Waals surface area contributed by atoms with Crippen LogP contribution in [0.15, 0.2) is 51.9 Å². The molecule has 0 bridgehead atoms. The van der Waals surface area contributed by atoms with E-state index in [-0.39, 0.29) is 5.56 Å². The number of nitrogen functional groups attached to an aromatic ring is 1. The molecule has 0 amide bonds. The van der Waals surface area contributed by atoms with E-state index in [1.165, 1.54) is 0 Å². The summed E-state index contributed by atoms with van der Waals surface area (Å²) in [5.41, 5.74) is 7.68. The Morgan fingerprint density at radius 1 is 1.32 bits per heavy atom. The lowest BCUT2D eigenvalue weighted by atomic mass is 10.2. The van der Waals surface area contributed by atoms with Crippen LogP contribution in [0.4, 0.5) is 11.4 Å². The number of benzene rings is 1. The Labute approximate surface area is 120 Å². The van der Waals surface area contributed by atoms with Gasteiger partial charge in [-0.25, -0.2) is 0 Å². The number of pyridine rings is 1. The van der Waals surface area contributed by atoms with Crippen molar-refractivity contribution in [1.29, 1.82) is 0 Å². The van der Waals surface area contributed by atoms with Crippen LogP contribution in [0.2, 0.25) is 0 Å². The number of nitrogens with two attached hydrogens (primary N) is 1. The lowest BCUT2D eigenvalue weighted by Gasteiger charge is -2.21. The Kier molecular flexibility index (Phi) is 4.27. The Bertz CT molecular complexity index is 624. The van der Waals surface area contributed by atoms with Gasteiger partial charge in [-0.15, -0.1) is 0 Å². The number of anilines is 2. The van der Waals surface area contributed by atoms with Crippen LogP contribution in [0.1, 0.15) is 0 Å². The van der Waals surface area contributed by atoms with E-state index in [1.54, 1.807) is 22.9 Å². The molecule has 0 aliphatic rings. The zero-order chi connectivity index (χ0) is 13.8. The summed E-state index contributed by atoms with van der Waals surface area (Å²) in [5, 5.41) is 0. The fourth-order valence-corrected chi connectivity index (χ4v) is 2.28. The Balaban J connectivity index is 2.07. The van der Waals surface area contributed by atoms with E-state index < -0.39 is 0 Å². The molecule has 2 aromatic rings. The van der Waals surface area contributed by atoms with Gasteiger partial charge in [0.25, 0.3) is 5.56 Å². The molecule has 1 aromatic heterocycles. The molecule has 0 atom stereocenters. The summed E-state index contributed by atoms with van der Waals surface area (Å²) in [6.45, 7) is 1.35. The first-order chi connectivity index (χ1) is 9.08. The van der Waals surface area contributed by atoms with Crippen LogP contribution in [-0.2, 0) is 6.54 Å². The lowest BCUT2D eigenvalue weighted by Crippen LogP contribution is -2.28. The van der Waals surface area contributed by atoms with E-state index in [0.29, 0.717) is 6.54 Å². The average molecular weight is 322 g/mol. The van der Waals surface area contributed by atoms with Gasteiger partial charge in [0.1, 0.15) is 0 Å². The van der Waals surface area contributed by atoms with E-state index >= 15 is 0 Å². The van der Waals surface area contributed by atoms with Crippen molar-refractivity contribution >= 4 is 27.3 Å². The second-order valence-corrected chi connectivity index (χ2v) is 5.27. The van der Waals surface area contributed by atoms with Crippen molar-refractivity contribution in [3.8, 4) is 0 Å². The summed E-state index contributed by atoms with van der Waals surface area (Å²) in [5.74, 6) is 0. The highest BCUT2D eigenvalue weighted by Crippen LogP contribution is 2.25. The lowest BCUT2D eigenvalue weighted by molar-refractivity contribution is 0.661. The second kappa shape index (κ2) is 5.93. The summed E-state index contributed by atoms with van der Waals surface area (Å²) in [7, 11) is 1.97. The topological polar surface area (TPSA) is 51.3 Å². The molecule has 0 radical (unpaired) electrons. The molecule has 2 rings (SSSR count). The zero-order valence-corrected chi connectivity index (χ0v) is 12.3. The predicted molar refractivity (Wildman–Crippen MR) is 82.5 cm³/mol. The third-order valence-electron chi connectivity index (χ3n) is 2.98. The van der Waals surface area contributed by atoms with Gasteiger partial charge in [-0.3, -0.25) is 4.79 Å². The summed E-state index contributed by atoms with van der Waals surface area (Å²) in [6.07, 6.45) is 1.79. The first-order valence-electron chi connectivity index (χ1n) is 5.99. The van der Waals surface area contributed by atoms with Crippen molar-refractivity contribution in [2.24, 2.45) is 0 Å². The number of rotatable bonds is 4. The van der Waals surface area contributed by atoms with Crippen LogP contribution in [0, 0.1) is 0 Å². The van der Waals surface area contributed by atoms with Crippen LogP contribution < -0.4 is 16.2 Å². The number of halogens is 1. The average Bonchev–Trinajstić information content (AvgIpc) is 2.37. The molecular weight excluding hydrogens is 306 g/mol. The van der Waals surface area contributed by atoms with Gasteiger partial charge in [0.2, 0.25) is 0 Å². The molecular formula is C14H16BrN3O. The molecule has 0 aliphatic carbocycles. The molecule has 0 saturated heterocycles. The Morgan fingerprint density at radius 3 is 2.79 bits per heavy atom. The minimum Gasteiger partial charge on any atom is -0.397 e. The second-order valence-electron chi connectivity index (χ2n) is 4.36. The number of likely N-dealkylation sites (N-methyl/N-ethyl adjacent to an activating group) is 1. The molecule has 0 saturated carbocycles. The normalized spacial score (nSPS) is 10.4. The van der Waals surface area contributed by atoms with Crippen molar-refractivity contribution in [2.75, 3.05) is 24.2 Å². The maximum atomic E-state index is 11.6. The number of hydrogen-bond acceptors (Lipinski definition) is 3. The minimum absolute atomic E-state index is 0.0136. The van der Waals surface area contributed by atoms with Crippen molar-refractivity contribution in [2.45, 2.75) is 6.54 Å². The molecule has 0 spiro atoms. The highest BCUT2D eigenvalue weighted by molar-refractivity contribution is 9.10. The Hall–Kier alpha value is -1.75. The van der Waals surface area contributed by atoms with Crippen LogP contribution in [0.3, 0.4) is 0 Å². The summed E-state index contributed by atoms with van der Waals surface area (Å²) >= 11 is 3.39. The van der Waals surface area contributed by atoms with Crippen LogP contribution in [-0.4, -0.2) is 18.2 Å². The van der Waals surface area contributed by atoms with Crippen molar-refractivity contribution in [3.63, 3.8) is 0 Å². The number of aromatic nitrogens is 1. The zero-order valence-electron chi connectivity index (χ0n) is 10.7. The highest BCUT2D eigenvalue weighted by Gasteiger charge is 2.06. The van der Waals surface area contributed by atoms with Crippen LogP contribution in [0.25, 0.3) is 0 Å². The molecule has 4 nitrogen and oxygen atoms in total. The van der Waals surface area contributed by atoms with Gasteiger partial charge in [-0.2, -0.15) is 0 Å². The number of nitrogens with zero attached hydrogens (tertiary/aromatic N) is 2. The van der Waals surface area contributed by atoms with Crippen LogP contribution in [0.5, 0.6) is 0 Å². The van der Waals surface area contributed by atoms with E-state index in [1.807, 2.05) is 36.2 Å². The first kappa shape index (κ1) is 13.7. The summed E-state index contributed by atoms with van der Waals surface area (Å²) < 4.78 is 2.65. The maximum Gasteiger partial charge on any atom is 0.250 e. The fraction of sp³-hybridized carbons (Fsp3) is 0.214. The Morgan fingerprint density at radius 2 is 2.11 bits per heavy atom. The van der Waals surface area contributed by atoms with Crippen molar-refractivity contribution in [1.82, 2.24) is 4.57 Å². The molecule has 2 N–H and O–H groups in total. The molecule has 0 fully saturated rings. The van der Waals surface area contributed by atoms with E-state index in [4.69, 9.17) is 5.73 Å². The van der Waals surface area contributed by atoms with Gasteiger partial charge >= 0.3 is 0 Å². The van der Waals surface area contributed by atoms with Gasteiger partial charge in [0.05, 0.1) is 11.4 Å². The van der Waals surface area contributed by atoms with E-state index in [2.05, 4.69) is 15.9 Å². The first-order valence-corrected chi connectivity index (χ1v) is 6.79. The molecule has 1 heterocycles. The molecule has 100 valence electrons. The van der Waals surface area contributed by atoms with E-state index in [9.17, 15) is 4.79 Å². The monoisotopic (exact) mass is 321 g/mol. The smallest absolute Gasteiger partial charge is 0.250 e. The molecule has 19 heavy (non-hydrogen) atoms. The van der Waals surface area contributed by atoms with Gasteiger partial charge < -0.3 is 15.2 Å². The summed E-state index contributed by atoms with van der Waals surface area (Å²) in [4.78, 5) is 13.6. The number of hydrogen-bond donors (Lipinski definition) is 1. The fourth-order valence-electron chi connectivity index (χ4n) is 1.90. The van der Waals surface area contributed by atoms with Gasteiger partial charge in [0.15, 0.2) is 0 Å². The quantitative estimate of drug-likeness (QED) is 0.879. The van der Waals surface area contributed by atoms with Gasteiger partial charge in [-0.1, -0.05) is 22.0 Å². The molecule has 5 heteroatoms. The molecule has 1 aromatic carbocycles. The highest BCUT2D eigenvalue weighted by atomic mass is 79.9. The van der Waals surface area contributed by atoms with Crippen LogP contribution >= 0.6 is 15.9 Å². The van der Waals surface area contributed by atoms with E-state index in [0.717, 1.165) is 22.4 Å². The largest absolute Gasteiger partial charge is 0.397 e. The summed E-state index contributed by atoms with van der Waals surface area (Å²) in [6, 6.07) is 11.0. The van der Waals surface area contributed by atoms with Gasteiger partial charge in [0, 0.05) is 36.9 Å². The standard InChI is InChI=1S/C14H16BrN3O/c1-17(13-6-5-11(15)10-12(13)16)8-9-18-7-3-2-4-14(18)19/h2-7,10H,8-9,16H2,1H3. The van der Waals surface area contributed by atoms with Crippen molar-refractivity contribution < 1.29 is 0 Å². The SMILES string of the molecule is CN(CCn1ccccc1=O)c1ccc(Br)cc1N. The van der Waals surface area contributed by atoms with Crippen molar-refractivity contribution in [3.05, 3.63) is 57.4 Å². The minimum atomic E-state index is 0.0136. The van der Waals surface area contributed by atoms with Gasteiger partial charge in [-0.05, 0) is 24.3 Å².